The molecule has 2 fully saturated rings. The summed E-state index contributed by atoms with van der Waals surface area (Å²) in [6.07, 6.45) is 5.25. The van der Waals surface area contributed by atoms with E-state index in [2.05, 4.69) is 23.8 Å². The molecule has 94 valence electrons. The summed E-state index contributed by atoms with van der Waals surface area (Å²) in [6.45, 7) is 7.26. The molecule has 1 heterocycles. The molecule has 0 aromatic carbocycles. The average Bonchev–Trinajstić information content (AvgIpc) is 3.04. The van der Waals surface area contributed by atoms with Crippen molar-refractivity contribution in [2.24, 2.45) is 11.7 Å². The van der Waals surface area contributed by atoms with Crippen LogP contribution in [0.25, 0.3) is 0 Å². The van der Waals surface area contributed by atoms with Crippen LogP contribution in [0.4, 0.5) is 0 Å². The van der Waals surface area contributed by atoms with Crippen LogP contribution in [-0.2, 0) is 0 Å². The van der Waals surface area contributed by atoms with Crippen LogP contribution in [0.2, 0.25) is 0 Å². The van der Waals surface area contributed by atoms with E-state index < -0.39 is 0 Å². The topological polar surface area (TPSA) is 32.5 Å². The summed E-state index contributed by atoms with van der Waals surface area (Å²) < 4.78 is 0. The Balaban J connectivity index is 1.74. The van der Waals surface area contributed by atoms with E-state index >= 15 is 0 Å². The number of likely N-dealkylation sites (N-methyl/N-ethyl adjacent to an activating group) is 1. The molecule has 0 radical (unpaired) electrons. The fourth-order valence-electron chi connectivity index (χ4n) is 2.83. The Morgan fingerprint density at radius 1 is 1.31 bits per heavy atom. The normalized spacial score (nSPS) is 31.3. The first-order valence-electron chi connectivity index (χ1n) is 6.85. The third-order valence-corrected chi connectivity index (χ3v) is 4.16. The van der Waals surface area contributed by atoms with Crippen LogP contribution in [0.5, 0.6) is 0 Å². The first kappa shape index (κ1) is 12.3. The summed E-state index contributed by atoms with van der Waals surface area (Å²) in [4.78, 5) is 5.08. The third kappa shape index (κ3) is 3.44. The summed E-state index contributed by atoms with van der Waals surface area (Å²) in [5.74, 6) is 0.852. The smallest absolute Gasteiger partial charge is 0.0194 e. The summed E-state index contributed by atoms with van der Waals surface area (Å²) in [5.41, 5.74) is 6.17. The van der Waals surface area contributed by atoms with Gasteiger partial charge in [-0.25, -0.2) is 0 Å². The number of hydrogen-bond acceptors (Lipinski definition) is 3. The van der Waals surface area contributed by atoms with Gasteiger partial charge >= 0.3 is 0 Å². The van der Waals surface area contributed by atoms with Crippen LogP contribution in [0.3, 0.4) is 0 Å². The summed E-state index contributed by atoms with van der Waals surface area (Å²) in [6, 6.07) is 1.16. The van der Waals surface area contributed by atoms with Crippen molar-refractivity contribution >= 4 is 0 Å². The molecule has 2 atom stereocenters. The Bertz CT molecular complexity index is 215. The molecule has 0 aromatic rings. The molecule has 16 heavy (non-hydrogen) atoms. The lowest BCUT2D eigenvalue weighted by molar-refractivity contribution is 0.194. The van der Waals surface area contributed by atoms with Gasteiger partial charge < -0.3 is 10.6 Å². The summed E-state index contributed by atoms with van der Waals surface area (Å²) >= 11 is 0. The predicted octanol–water partition coefficient (Wildman–Crippen LogP) is 1.14. The van der Waals surface area contributed by atoms with Gasteiger partial charge in [-0.15, -0.1) is 0 Å². The Morgan fingerprint density at radius 2 is 2.06 bits per heavy atom. The highest BCUT2D eigenvalue weighted by molar-refractivity contribution is 4.85. The molecular weight excluding hydrogens is 198 g/mol. The van der Waals surface area contributed by atoms with Crippen molar-refractivity contribution in [1.82, 2.24) is 9.80 Å². The maximum absolute atomic E-state index is 6.17. The van der Waals surface area contributed by atoms with Crippen molar-refractivity contribution in [2.75, 3.05) is 33.2 Å². The zero-order valence-corrected chi connectivity index (χ0v) is 10.9. The van der Waals surface area contributed by atoms with E-state index in [-0.39, 0.29) is 0 Å². The van der Waals surface area contributed by atoms with E-state index in [1.54, 1.807) is 0 Å². The van der Waals surface area contributed by atoms with Crippen LogP contribution in [0, 0.1) is 5.92 Å². The van der Waals surface area contributed by atoms with Gasteiger partial charge in [-0.1, -0.05) is 0 Å². The minimum atomic E-state index is 0.466. The number of rotatable bonds is 4. The number of nitrogens with zero attached hydrogens (tertiary/aromatic N) is 2. The van der Waals surface area contributed by atoms with Crippen molar-refractivity contribution in [3.8, 4) is 0 Å². The number of hydrogen-bond donors (Lipinski definition) is 1. The molecule has 1 saturated heterocycles. The lowest BCUT2D eigenvalue weighted by Gasteiger charge is -2.28. The highest BCUT2D eigenvalue weighted by Crippen LogP contribution is 2.32. The first-order chi connectivity index (χ1) is 7.66. The quantitative estimate of drug-likeness (QED) is 0.779. The molecule has 3 nitrogen and oxygen atoms in total. The van der Waals surface area contributed by atoms with Gasteiger partial charge in [0.1, 0.15) is 0 Å². The van der Waals surface area contributed by atoms with E-state index in [9.17, 15) is 0 Å². The van der Waals surface area contributed by atoms with Crippen molar-refractivity contribution in [3.63, 3.8) is 0 Å². The van der Waals surface area contributed by atoms with Crippen molar-refractivity contribution < 1.29 is 0 Å². The third-order valence-electron chi connectivity index (χ3n) is 4.16. The Labute approximate surface area is 100.0 Å². The van der Waals surface area contributed by atoms with E-state index in [1.807, 2.05) is 0 Å². The molecule has 2 aliphatic rings. The Hall–Kier alpha value is -0.120. The zero-order chi connectivity index (χ0) is 11.5. The van der Waals surface area contributed by atoms with Crippen LogP contribution in [0.1, 0.15) is 32.6 Å². The predicted molar refractivity (Wildman–Crippen MR) is 68.5 cm³/mol. The van der Waals surface area contributed by atoms with E-state index in [0.717, 1.165) is 5.92 Å². The van der Waals surface area contributed by atoms with Gasteiger partial charge in [0.15, 0.2) is 0 Å². The van der Waals surface area contributed by atoms with Crippen LogP contribution < -0.4 is 5.73 Å². The molecule has 1 aliphatic heterocycles. The van der Waals surface area contributed by atoms with Crippen LogP contribution in [0.15, 0.2) is 0 Å². The maximum atomic E-state index is 6.17. The minimum absolute atomic E-state index is 0.466. The highest BCUT2D eigenvalue weighted by Gasteiger charge is 2.29. The van der Waals surface area contributed by atoms with E-state index in [1.165, 1.54) is 51.9 Å². The van der Waals surface area contributed by atoms with Gasteiger partial charge in [0.25, 0.3) is 0 Å². The second-order valence-corrected chi connectivity index (χ2v) is 5.79. The average molecular weight is 225 g/mol. The second-order valence-electron chi connectivity index (χ2n) is 5.79. The Kier molecular flexibility index (Phi) is 4.22. The van der Waals surface area contributed by atoms with E-state index in [0.29, 0.717) is 12.1 Å². The van der Waals surface area contributed by atoms with Gasteiger partial charge in [-0.2, -0.15) is 0 Å². The maximum Gasteiger partial charge on any atom is 0.0194 e. The highest BCUT2D eigenvalue weighted by atomic mass is 15.2. The zero-order valence-electron chi connectivity index (χ0n) is 10.9. The first-order valence-corrected chi connectivity index (χ1v) is 6.85. The molecule has 0 spiro atoms. The molecule has 2 rings (SSSR count). The summed E-state index contributed by atoms with van der Waals surface area (Å²) in [5, 5.41) is 0. The number of nitrogens with two attached hydrogens (primary N) is 1. The van der Waals surface area contributed by atoms with Crippen LogP contribution >= 0.6 is 0 Å². The molecule has 0 bridgehead atoms. The lowest BCUT2D eigenvalue weighted by atomic mass is 10.1. The van der Waals surface area contributed by atoms with Gasteiger partial charge in [-0.05, 0) is 65.2 Å². The molecule has 0 aromatic heterocycles. The largest absolute Gasteiger partial charge is 0.327 e. The fraction of sp³-hybridized carbons (Fsp3) is 1.00. The SMILES string of the molecule is CC1CN(C)CCCN1CCC(N)C1CC1. The Morgan fingerprint density at radius 3 is 2.75 bits per heavy atom. The molecule has 1 aliphatic carbocycles. The standard InChI is InChI=1S/C13H27N3/c1-11-10-15(2)7-3-8-16(11)9-6-13(14)12-4-5-12/h11-13H,3-10,14H2,1-2H3. The van der Waals surface area contributed by atoms with Gasteiger partial charge in [0.2, 0.25) is 0 Å². The van der Waals surface area contributed by atoms with Crippen molar-refractivity contribution in [2.45, 2.75) is 44.7 Å². The molecule has 0 amide bonds. The monoisotopic (exact) mass is 225 g/mol. The molecular formula is C13H27N3. The molecule has 2 N–H and O–H groups in total. The minimum Gasteiger partial charge on any atom is -0.327 e. The molecule has 1 saturated carbocycles. The molecule has 3 heteroatoms. The van der Waals surface area contributed by atoms with Crippen molar-refractivity contribution in [3.05, 3.63) is 0 Å². The van der Waals surface area contributed by atoms with E-state index in [4.69, 9.17) is 5.73 Å². The second kappa shape index (κ2) is 5.48. The van der Waals surface area contributed by atoms with Gasteiger partial charge in [0, 0.05) is 18.6 Å². The molecule has 2 unspecified atom stereocenters. The fourth-order valence-corrected chi connectivity index (χ4v) is 2.83. The lowest BCUT2D eigenvalue weighted by Crippen LogP contribution is -2.40. The van der Waals surface area contributed by atoms with Gasteiger partial charge in [0.05, 0.1) is 0 Å². The van der Waals surface area contributed by atoms with Crippen molar-refractivity contribution in [1.29, 1.82) is 0 Å². The van der Waals surface area contributed by atoms with Gasteiger partial charge in [-0.3, -0.25) is 4.90 Å². The van der Waals surface area contributed by atoms with Crippen LogP contribution in [-0.4, -0.2) is 55.1 Å². The summed E-state index contributed by atoms with van der Waals surface area (Å²) in [7, 11) is 2.23.